The van der Waals surface area contributed by atoms with E-state index in [1.54, 1.807) is 0 Å². The summed E-state index contributed by atoms with van der Waals surface area (Å²) in [7, 11) is 1.39. The summed E-state index contributed by atoms with van der Waals surface area (Å²) in [4.78, 5) is 30.6. The van der Waals surface area contributed by atoms with Crippen molar-refractivity contribution in [1.29, 1.82) is 0 Å². The van der Waals surface area contributed by atoms with Crippen molar-refractivity contribution >= 4 is 16.7 Å². The van der Waals surface area contributed by atoms with E-state index in [2.05, 4.69) is 21.2 Å². The van der Waals surface area contributed by atoms with Crippen molar-refractivity contribution in [2.24, 2.45) is 7.05 Å². The van der Waals surface area contributed by atoms with Gasteiger partial charge in [-0.25, -0.2) is 9.78 Å². The van der Waals surface area contributed by atoms with Crippen molar-refractivity contribution < 1.29 is 27.4 Å². The number of rotatable bonds is 7. The van der Waals surface area contributed by atoms with E-state index < -0.39 is 29.2 Å². The quantitative estimate of drug-likeness (QED) is 0.474. The van der Waals surface area contributed by atoms with Gasteiger partial charge >= 0.3 is 12.1 Å². The second-order valence-electron chi connectivity index (χ2n) is 7.86. The van der Waals surface area contributed by atoms with Gasteiger partial charge in [0.15, 0.2) is 17.0 Å². The summed E-state index contributed by atoms with van der Waals surface area (Å²) < 4.78 is 60.3. The van der Waals surface area contributed by atoms with E-state index in [0.29, 0.717) is 12.0 Å². The summed E-state index contributed by atoms with van der Waals surface area (Å²) in [5.41, 5.74) is 3.91. The average Bonchev–Trinajstić information content (AvgIpc) is 3.17. The zero-order valence-electron chi connectivity index (χ0n) is 18.5. The lowest BCUT2D eigenvalue weighted by Crippen LogP contribution is -2.40. The van der Waals surface area contributed by atoms with Crippen molar-refractivity contribution in [3.63, 3.8) is 0 Å². The highest BCUT2D eigenvalue weighted by atomic mass is 19.4. The van der Waals surface area contributed by atoms with Crippen LogP contribution in [0, 0.1) is 0 Å². The molecule has 2 aliphatic rings. The molecule has 0 radical (unpaired) electrons. The van der Waals surface area contributed by atoms with E-state index in [0.717, 1.165) is 15.2 Å². The lowest BCUT2D eigenvalue weighted by Gasteiger charge is -2.19. The van der Waals surface area contributed by atoms with Gasteiger partial charge in [-0.1, -0.05) is 11.8 Å². The Morgan fingerprint density at radius 2 is 1.94 bits per heavy atom. The van der Waals surface area contributed by atoms with Crippen molar-refractivity contribution in [3.8, 4) is 0 Å². The van der Waals surface area contributed by atoms with Crippen LogP contribution < -0.4 is 11.2 Å². The van der Waals surface area contributed by atoms with Crippen LogP contribution in [0.5, 0.6) is 0 Å². The highest BCUT2D eigenvalue weighted by Crippen LogP contribution is 2.34. The number of aliphatic hydroxyl groups is 1. The Balaban J connectivity index is 2.04. The number of ether oxygens (including phenoxy) is 1. The summed E-state index contributed by atoms with van der Waals surface area (Å²) in [6, 6.07) is 0. The molecule has 35 heavy (non-hydrogen) atoms. The molecular weight excluding hydrogens is 472 g/mol. The number of aliphatic hydroxyl groups excluding tert-OH is 1. The summed E-state index contributed by atoms with van der Waals surface area (Å²) in [5, 5.41) is 9.16. The second-order valence-corrected chi connectivity index (χ2v) is 7.86. The van der Waals surface area contributed by atoms with Crippen LogP contribution in [0.25, 0.3) is 16.7 Å². The van der Waals surface area contributed by atoms with Gasteiger partial charge in [0.05, 0.1) is 6.54 Å². The molecule has 0 spiro atoms. The lowest BCUT2D eigenvalue weighted by molar-refractivity contribution is -0.303. The van der Waals surface area contributed by atoms with Crippen LogP contribution in [0.2, 0.25) is 0 Å². The Bertz CT molecular complexity index is 1500. The van der Waals surface area contributed by atoms with Gasteiger partial charge in [0.1, 0.15) is 11.6 Å². The van der Waals surface area contributed by atoms with Gasteiger partial charge in [0.25, 0.3) is 5.56 Å². The number of imidazole rings is 1. The normalized spacial score (nSPS) is 15.7. The maximum atomic E-state index is 13.4. The second kappa shape index (κ2) is 9.42. The molecule has 0 atom stereocenters. The number of hydrogen-bond donors (Lipinski definition) is 1. The lowest BCUT2D eigenvalue weighted by atomic mass is 10.0. The minimum absolute atomic E-state index is 0.00772. The molecule has 0 saturated heterocycles. The van der Waals surface area contributed by atoms with Crippen LogP contribution in [-0.4, -0.2) is 36.8 Å². The Morgan fingerprint density at radius 1 is 1.17 bits per heavy atom. The number of fused-ring (bicyclic) bond motifs is 1. The third-order valence-corrected chi connectivity index (χ3v) is 5.50. The zero-order valence-corrected chi connectivity index (χ0v) is 18.5. The van der Waals surface area contributed by atoms with Gasteiger partial charge in [0.2, 0.25) is 0 Å². The molecule has 2 aromatic rings. The fourth-order valence-electron chi connectivity index (χ4n) is 3.93. The minimum Gasteiger partial charge on any atom is -0.405 e. The minimum atomic E-state index is -4.96. The largest absolute Gasteiger partial charge is 0.573 e. The summed E-state index contributed by atoms with van der Waals surface area (Å²) >= 11 is 0. The molecule has 2 heterocycles. The Morgan fingerprint density at radius 3 is 2.60 bits per heavy atom. The number of nitrogens with zero attached hydrogens (tertiary/aromatic N) is 4. The summed E-state index contributed by atoms with van der Waals surface area (Å²) in [6.45, 7) is -0.429. The molecule has 4 rings (SSSR count). The standard InChI is InChI=1S/C23H20F4N4O4/c1-29-20-18(21(33)30(22(29)34)11-4-12-32)31(13-14-7-9-15(24)10-8-14)19(28-20)16-5-2-3-6-17(16)35-23(25,26)27/h3,6-7,9,32H,2,4-5,11-13H2,1H3. The van der Waals surface area contributed by atoms with Crippen molar-refractivity contribution in [3.05, 3.63) is 79.6 Å². The van der Waals surface area contributed by atoms with Gasteiger partial charge in [-0.3, -0.25) is 13.9 Å². The Hall–Kier alpha value is -3.85. The number of aryl methyl sites for hydroxylation is 1. The van der Waals surface area contributed by atoms with E-state index in [1.165, 1.54) is 29.8 Å². The fourth-order valence-corrected chi connectivity index (χ4v) is 3.93. The fraction of sp³-hybridized carbons (Fsp3) is 0.348. The molecule has 1 N–H and O–H groups in total. The molecule has 2 aliphatic carbocycles. The number of alkyl halides is 3. The van der Waals surface area contributed by atoms with E-state index in [9.17, 15) is 27.2 Å². The highest BCUT2D eigenvalue weighted by Gasteiger charge is 2.34. The maximum Gasteiger partial charge on any atom is 0.573 e. The molecule has 0 amide bonds. The van der Waals surface area contributed by atoms with Gasteiger partial charge in [-0.2, -0.15) is 4.39 Å². The predicted molar refractivity (Wildman–Crippen MR) is 118 cm³/mol. The first-order valence-corrected chi connectivity index (χ1v) is 10.7. The van der Waals surface area contributed by atoms with E-state index in [-0.39, 0.29) is 55.1 Å². The van der Waals surface area contributed by atoms with Crippen molar-refractivity contribution in [1.82, 2.24) is 18.7 Å². The molecule has 12 heteroatoms. The van der Waals surface area contributed by atoms with Crippen LogP contribution in [-0.2, 0) is 24.9 Å². The molecule has 2 aromatic heterocycles. The predicted octanol–water partition coefficient (Wildman–Crippen LogP) is 2.98. The monoisotopic (exact) mass is 492 g/mol. The van der Waals surface area contributed by atoms with Gasteiger partial charge in [-0.15, -0.1) is 13.2 Å². The first-order valence-electron chi connectivity index (χ1n) is 10.7. The highest BCUT2D eigenvalue weighted by molar-refractivity contribution is 5.78. The van der Waals surface area contributed by atoms with E-state index >= 15 is 0 Å². The van der Waals surface area contributed by atoms with E-state index in [1.807, 2.05) is 0 Å². The molecule has 8 nitrogen and oxygen atoms in total. The first-order chi connectivity index (χ1) is 16.6. The number of hydrogen-bond acceptors (Lipinski definition) is 5. The number of allylic oxidation sites excluding steroid dienone is 7. The summed E-state index contributed by atoms with van der Waals surface area (Å²) in [5.74, 6) is -1.12. The zero-order chi connectivity index (χ0) is 25.3. The van der Waals surface area contributed by atoms with Gasteiger partial charge in [0, 0.05) is 31.3 Å². The first kappa shape index (κ1) is 24.3. The number of aromatic nitrogens is 4. The van der Waals surface area contributed by atoms with Gasteiger partial charge in [-0.05, 0) is 43.2 Å². The number of halogens is 4. The SMILES string of the molecule is Cn1c(=O)n(CCCO)c(=O)c2c1nc(C1=C(OC(F)(F)F)C=CCC1)n2CC1=C=C=C(F)C=C1. The Labute approximate surface area is 195 Å². The summed E-state index contributed by atoms with van der Waals surface area (Å²) in [6.07, 6.45) is 0.974. The van der Waals surface area contributed by atoms with E-state index in [4.69, 9.17) is 5.11 Å². The smallest absolute Gasteiger partial charge is 0.405 e. The van der Waals surface area contributed by atoms with Crippen molar-refractivity contribution in [2.75, 3.05) is 6.61 Å². The third kappa shape index (κ3) is 4.85. The Kier molecular flexibility index (Phi) is 6.53. The van der Waals surface area contributed by atoms with Crippen LogP contribution in [0.3, 0.4) is 0 Å². The molecule has 0 saturated carbocycles. The third-order valence-electron chi connectivity index (χ3n) is 5.50. The average molecular weight is 492 g/mol. The van der Waals surface area contributed by atoms with Crippen LogP contribution in [0.4, 0.5) is 17.6 Å². The topological polar surface area (TPSA) is 91.3 Å². The molecule has 0 aliphatic heterocycles. The van der Waals surface area contributed by atoms with Gasteiger partial charge < -0.3 is 14.4 Å². The van der Waals surface area contributed by atoms with Crippen LogP contribution in [0.1, 0.15) is 25.1 Å². The molecule has 184 valence electrons. The molecule has 0 fully saturated rings. The van der Waals surface area contributed by atoms with Crippen LogP contribution >= 0.6 is 0 Å². The molecule has 0 aromatic carbocycles. The van der Waals surface area contributed by atoms with Crippen molar-refractivity contribution in [2.45, 2.75) is 38.7 Å². The van der Waals surface area contributed by atoms with Crippen LogP contribution in [0.15, 0.2) is 62.5 Å². The molecule has 0 unspecified atom stereocenters. The molecule has 0 bridgehead atoms. The maximum absolute atomic E-state index is 13.4. The molecular formula is C23H20F4N4O4.